The minimum atomic E-state index is -1.45. The predicted molar refractivity (Wildman–Crippen MR) is 143 cm³/mol. The molecule has 0 bridgehead atoms. The van der Waals surface area contributed by atoms with E-state index in [1.54, 1.807) is 6.92 Å². The first kappa shape index (κ1) is 31.1. The fraction of sp³-hybridized carbons (Fsp3) is 0.448. The molecule has 1 fully saturated rings. The van der Waals surface area contributed by atoms with Crippen LogP contribution in [0.3, 0.4) is 0 Å². The van der Waals surface area contributed by atoms with E-state index in [1.165, 1.54) is 26.3 Å². The van der Waals surface area contributed by atoms with Gasteiger partial charge < -0.3 is 29.0 Å². The van der Waals surface area contributed by atoms with Crippen molar-refractivity contribution in [1.29, 1.82) is 0 Å². The Morgan fingerprint density at radius 2 is 1.83 bits per heavy atom. The lowest BCUT2D eigenvalue weighted by atomic mass is 9.91. The summed E-state index contributed by atoms with van der Waals surface area (Å²) in [5.74, 6) is -5.48. The number of ether oxygens (including phenoxy) is 5. The van der Waals surface area contributed by atoms with Crippen LogP contribution in [0, 0.1) is 11.8 Å². The molecule has 1 aliphatic heterocycles. The molecule has 1 saturated heterocycles. The van der Waals surface area contributed by atoms with Gasteiger partial charge >= 0.3 is 23.9 Å². The van der Waals surface area contributed by atoms with E-state index < -0.39 is 66.5 Å². The van der Waals surface area contributed by atoms with Crippen LogP contribution in [0.1, 0.15) is 50.2 Å². The molecule has 1 aromatic carbocycles. The number of rotatable bonds is 9. The van der Waals surface area contributed by atoms with Crippen LogP contribution in [0.25, 0.3) is 0 Å². The SMILES string of the molecule is CCC(C)C(=O)O[C@H]1[C@H](C)OC(=O)[C@@H](NC(=O)c2nccc(OC)c2OC(C)=O)COC(=O)[C@@H]1Cc1ccccc1. The highest BCUT2D eigenvalue weighted by atomic mass is 16.6. The molecule has 220 valence electrons. The summed E-state index contributed by atoms with van der Waals surface area (Å²) in [6, 6.07) is 9.01. The van der Waals surface area contributed by atoms with Crippen LogP contribution in [0.2, 0.25) is 0 Å². The Labute approximate surface area is 237 Å². The lowest BCUT2D eigenvalue weighted by Gasteiger charge is -2.30. The molecule has 1 aliphatic rings. The molecule has 0 spiro atoms. The Kier molecular flexibility index (Phi) is 10.8. The quantitative estimate of drug-likeness (QED) is 0.349. The summed E-state index contributed by atoms with van der Waals surface area (Å²) in [6.45, 7) is 5.60. The average Bonchev–Trinajstić information content (AvgIpc) is 2.99. The third-order valence-corrected chi connectivity index (χ3v) is 6.56. The van der Waals surface area contributed by atoms with E-state index in [2.05, 4.69) is 10.3 Å². The molecule has 2 heterocycles. The van der Waals surface area contributed by atoms with E-state index in [9.17, 15) is 24.0 Å². The highest BCUT2D eigenvalue weighted by molar-refractivity contribution is 5.99. The number of cyclic esters (lactones) is 2. The minimum Gasteiger partial charge on any atom is -0.493 e. The van der Waals surface area contributed by atoms with Gasteiger partial charge in [0.25, 0.3) is 5.91 Å². The second kappa shape index (κ2) is 14.2. The molecule has 12 nitrogen and oxygen atoms in total. The third kappa shape index (κ3) is 8.03. The van der Waals surface area contributed by atoms with Gasteiger partial charge in [-0.15, -0.1) is 0 Å². The molecule has 1 unspecified atom stereocenters. The maximum Gasteiger partial charge on any atom is 0.332 e. The number of hydrogen-bond acceptors (Lipinski definition) is 11. The van der Waals surface area contributed by atoms with E-state index in [-0.39, 0.29) is 23.6 Å². The third-order valence-electron chi connectivity index (χ3n) is 6.56. The Morgan fingerprint density at radius 1 is 1.12 bits per heavy atom. The van der Waals surface area contributed by atoms with Crippen LogP contribution in [0.15, 0.2) is 42.6 Å². The molecule has 41 heavy (non-hydrogen) atoms. The number of benzene rings is 1. The molecule has 0 saturated carbocycles. The van der Waals surface area contributed by atoms with Gasteiger partial charge in [0, 0.05) is 19.2 Å². The standard InChI is InChI=1S/C29H34N2O10/c1-6-16(2)27(34)41-24-17(3)39-29(36)21(15-38-28(35)20(24)14-19-10-8-7-9-11-19)31-26(33)23-25(40-18(4)32)22(37-5)12-13-30-23/h7-13,16-17,20-21,24H,6,14-15H2,1-5H3,(H,31,33)/t16?,17-,20+,21-,24-/m0/s1. The molecule has 3 rings (SSSR count). The number of pyridine rings is 1. The van der Waals surface area contributed by atoms with Gasteiger partial charge in [0.05, 0.1) is 13.0 Å². The van der Waals surface area contributed by atoms with Gasteiger partial charge in [-0.05, 0) is 25.3 Å². The van der Waals surface area contributed by atoms with Gasteiger partial charge in [0.1, 0.15) is 18.6 Å². The number of amides is 1. The second-order valence-electron chi connectivity index (χ2n) is 9.59. The zero-order chi connectivity index (χ0) is 30.1. The lowest BCUT2D eigenvalue weighted by Crippen LogP contribution is -2.47. The highest BCUT2D eigenvalue weighted by Gasteiger charge is 2.42. The Bertz CT molecular complexity index is 1270. The van der Waals surface area contributed by atoms with Crippen molar-refractivity contribution in [1.82, 2.24) is 10.3 Å². The van der Waals surface area contributed by atoms with Crippen molar-refractivity contribution in [2.75, 3.05) is 13.7 Å². The maximum absolute atomic E-state index is 13.4. The Morgan fingerprint density at radius 3 is 2.46 bits per heavy atom. The van der Waals surface area contributed by atoms with E-state index in [1.807, 2.05) is 37.3 Å². The molecule has 2 aromatic rings. The number of aromatic nitrogens is 1. The summed E-state index contributed by atoms with van der Waals surface area (Å²) in [7, 11) is 1.32. The molecule has 0 aliphatic carbocycles. The number of nitrogens with one attached hydrogen (secondary N) is 1. The molecule has 12 heteroatoms. The first-order chi connectivity index (χ1) is 19.5. The van der Waals surface area contributed by atoms with E-state index >= 15 is 0 Å². The first-order valence-corrected chi connectivity index (χ1v) is 13.2. The van der Waals surface area contributed by atoms with Crippen LogP contribution >= 0.6 is 0 Å². The number of hydrogen-bond donors (Lipinski definition) is 1. The van der Waals surface area contributed by atoms with Crippen molar-refractivity contribution in [3.63, 3.8) is 0 Å². The monoisotopic (exact) mass is 570 g/mol. The molecule has 0 radical (unpaired) electrons. The summed E-state index contributed by atoms with van der Waals surface area (Å²) >= 11 is 0. The van der Waals surface area contributed by atoms with Gasteiger partial charge in [-0.25, -0.2) is 9.78 Å². The van der Waals surface area contributed by atoms with Gasteiger partial charge in [-0.3, -0.25) is 19.2 Å². The number of nitrogens with zero attached hydrogens (tertiary/aromatic N) is 1. The van der Waals surface area contributed by atoms with Gasteiger partial charge in [-0.1, -0.05) is 44.2 Å². The van der Waals surface area contributed by atoms with E-state index in [0.29, 0.717) is 6.42 Å². The zero-order valence-corrected chi connectivity index (χ0v) is 23.6. The van der Waals surface area contributed by atoms with Crippen LogP contribution in [-0.2, 0) is 39.8 Å². The van der Waals surface area contributed by atoms with Crippen molar-refractivity contribution >= 4 is 29.8 Å². The summed E-state index contributed by atoms with van der Waals surface area (Å²) in [4.78, 5) is 68.1. The molecule has 5 atom stereocenters. The first-order valence-electron chi connectivity index (χ1n) is 13.2. The normalized spacial score (nSPS) is 21.6. The number of carbonyl (C=O) groups is 5. The van der Waals surface area contributed by atoms with E-state index in [0.717, 1.165) is 12.5 Å². The van der Waals surface area contributed by atoms with Crippen LogP contribution < -0.4 is 14.8 Å². The molecule has 1 amide bonds. The largest absolute Gasteiger partial charge is 0.493 e. The second-order valence-corrected chi connectivity index (χ2v) is 9.59. The summed E-state index contributed by atoms with van der Waals surface area (Å²) in [6.07, 6.45) is -0.306. The van der Waals surface area contributed by atoms with E-state index in [4.69, 9.17) is 23.7 Å². The van der Waals surface area contributed by atoms with Crippen molar-refractivity contribution in [3.05, 3.63) is 53.9 Å². The van der Waals surface area contributed by atoms with Crippen LogP contribution in [-0.4, -0.2) is 66.7 Å². The smallest absolute Gasteiger partial charge is 0.332 e. The maximum atomic E-state index is 13.4. The number of carbonyl (C=O) groups excluding carboxylic acids is 5. The van der Waals surface area contributed by atoms with Gasteiger partial charge in [-0.2, -0.15) is 0 Å². The van der Waals surface area contributed by atoms with Crippen LogP contribution in [0.5, 0.6) is 11.5 Å². The highest BCUT2D eigenvalue weighted by Crippen LogP contribution is 2.30. The topological polar surface area (TPSA) is 156 Å². The van der Waals surface area contributed by atoms with Crippen molar-refractivity contribution < 1.29 is 47.7 Å². The summed E-state index contributed by atoms with van der Waals surface area (Å²) < 4.78 is 27.1. The summed E-state index contributed by atoms with van der Waals surface area (Å²) in [5.41, 5.74) is 0.442. The Hall–Kier alpha value is -4.48. The van der Waals surface area contributed by atoms with Gasteiger partial charge in [0.15, 0.2) is 23.6 Å². The fourth-order valence-corrected chi connectivity index (χ4v) is 4.12. The molecular formula is C29H34N2O10. The number of methoxy groups -OCH3 is 1. The van der Waals surface area contributed by atoms with Crippen LogP contribution in [0.4, 0.5) is 0 Å². The number of esters is 4. The molecular weight excluding hydrogens is 536 g/mol. The lowest BCUT2D eigenvalue weighted by molar-refractivity contribution is -0.177. The fourth-order valence-electron chi connectivity index (χ4n) is 4.12. The zero-order valence-electron chi connectivity index (χ0n) is 23.6. The average molecular weight is 571 g/mol. The predicted octanol–water partition coefficient (Wildman–Crippen LogP) is 2.42. The van der Waals surface area contributed by atoms with Crippen molar-refractivity contribution in [2.24, 2.45) is 11.8 Å². The van der Waals surface area contributed by atoms with Crippen molar-refractivity contribution in [3.8, 4) is 11.5 Å². The minimum absolute atomic E-state index is 0.0622. The summed E-state index contributed by atoms with van der Waals surface area (Å²) in [5, 5.41) is 2.43. The van der Waals surface area contributed by atoms with Gasteiger partial charge in [0.2, 0.25) is 5.75 Å². The Balaban J connectivity index is 1.90. The molecule has 1 aromatic heterocycles. The molecule has 1 N–H and O–H groups in total. The van der Waals surface area contributed by atoms with Crippen molar-refractivity contribution in [2.45, 2.75) is 58.8 Å².